The second-order valence-corrected chi connectivity index (χ2v) is 3.98. The number of hydrogen-bond acceptors (Lipinski definition) is 6. The smallest absolute Gasteiger partial charge is 0.324 e. The van der Waals surface area contributed by atoms with Crippen LogP contribution < -0.4 is 15.2 Å². The molecule has 0 bridgehead atoms. The average Bonchev–Trinajstić information content (AvgIpc) is 2.37. The van der Waals surface area contributed by atoms with Gasteiger partial charge in [-0.2, -0.15) is 9.97 Å². The van der Waals surface area contributed by atoms with Gasteiger partial charge < -0.3 is 15.2 Å². The Kier molecular flexibility index (Phi) is 4.35. The summed E-state index contributed by atoms with van der Waals surface area (Å²) in [6.45, 7) is 2.51. The lowest BCUT2D eigenvalue weighted by molar-refractivity contribution is 0.262. The van der Waals surface area contributed by atoms with Crippen molar-refractivity contribution in [3.05, 3.63) is 34.9 Å². The molecule has 1 heterocycles. The Morgan fingerprint density at radius 2 is 1.79 bits per heavy atom. The lowest BCUT2D eigenvalue weighted by Crippen LogP contribution is -2.07. The van der Waals surface area contributed by atoms with Crippen LogP contribution in [0.25, 0.3) is 0 Å². The maximum absolute atomic E-state index is 6.02. The van der Waals surface area contributed by atoms with Crippen molar-refractivity contribution in [2.24, 2.45) is 0 Å². The SMILES string of the molecule is CCOc1nc(N)nc(OCc2ccccc2Cl)n1. The molecule has 0 atom stereocenters. The fraction of sp³-hybridized carbons (Fsp3) is 0.250. The van der Waals surface area contributed by atoms with E-state index in [0.29, 0.717) is 11.6 Å². The van der Waals surface area contributed by atoms with Crippen LogP contribution in [0.15, 0.2) is 24.3 Å². The Balaban J connectivity index is 2.09. The first kappa shape index (κ1) is 13.4. The largest absolute Gasteiger partial charge is 0.464 e. The lowest BCUT2D eigenvalue weighted by Gasteiger charge is -2.07. The average molecular weight is 281 g/mol. The Labute approximate surface area is 115 Å². The molecule has 100 valence electrons. The number of ether oxygens (including phenoxy) is 2. The molecule has 0 radical (unpaired) electrons. The van der Waals surface area contributed by atoms with E-state index < -0.39 is 0 Å². The molecule has 0 fully saturated rings. The number of nitrogens with two attached hydrogens (primary N) is 1. The molecule has 7 heteroatoms. The van der Waals surface area contributed by atoms with Crippen LogP contribution in [0.4, 0.5) is 5.95 Å². The Morgan fingerprint density at radius 1 is 1.11 bits per heavy atom. The van der Waals surface area contributed by atoms with Crippen LogP contribution in [0, 0.1) is 0 Å². The van der Waals surface area contributed by atoms with E-state index in [-0.39, 0.29) is 24.6 Å². The summed E-state index contributed by atoms with van der Waals surface area (Å²) in [5.74, 6) is 0.0487. The monoisotopic (exact) mass is 280 g/mol. The van der Waals surface area contributed by atoms with Gasteiger partial charge in [0.2, 0.25) is 5.95 Å². The van der Waals surface area contributed by atoms with E-state index in [4.69, 9.17) is 26.8 Å². The highest BCUT2D eigenvalue weighted by atomic mass is 35.5. The third kappa shape index (κ3) is 3.69. The third-order valence-corrected chi connectivity index (χ3v) is 2.57. The van der Waals surface area contributed by atoms with Crippen molar-refractivity contribution in [1.82, 2.24) is 15.0 Å². The fourth-order valence-corrected chi connectivity index (χ4v) is 1.56. The van der Waals surface area contributed by atoms with Crippen LogP contribution in [-0.4, -0.2) is 21.6 Å². The van der Waals surface area contributed by atoms with Crippen LogP contribution in [0.2, 0.25) is 5.02 Å². The fourth-order valence-electron chi connectivity index (χ4n) is 1.37. The molecule has 0 aliphatic rings. The number of rotatable bonds is 5. The zero-order valence-corrected chi connectivity index (χ0v) is 11.1. The van der Waals surface area contributed by atoms with E-state index in [1.54, 1.807) is 6.07 Å². The predicted octanol–water partition coefficient (Wildman–Crippen LogP) is 2.08. The van der Waals surface area contributed by atoms with Gasteiger partial charge in [-0.1, -0.05) is 29.8 Å². The van der Waals surface area contributed by atoms with Crippen molar-refractivity contribution in [3.8, 4) is 12.0 Å². The number of hydrogen-bond donors (Lipinski definition) is 1. The minimum absolute atomic E-state index is 0.0487. The van der Waals surface area contributed by atoms with E-state index in [1.807, 2.05) is 25.1 Å². The molecule has 0 unspecified atom stereocenters. The van der Waals surface area contributed by atoms with Crippen LogP contribution in [-0.2, 0) is 6.61 Å². The first-order valence-electron chi connectivity index (χ1n) is 5.69. The topological polar surface area (TPSA) is 83.2 Å². The van der Waals surface area contributed by atoms with Gasteiger partial charge in [0.15, 0.2) is 0 Å². The molecule has 2 N–H and O–H groups in total. The van der Waals surface area contributed by atoms with Gasteiger partial charge in [-0.05, 0) is 13.0 Å². The summed E-state index contributed by atoms with van der Waals surface area (Å²) < 4.78 is 10.6. The molecule has 2 rings (SSSR count). The van der Waals surface area contributed by atoms with Gasteiger partial charge in [0.05, 0.1) is 6.61 Å². The summed E-state index contributed by atoms with van der Waals surface area (Å²) in [7, 11) is 0. The Bertz CT molecular complexity index is 565. The molecular weight excluding hydrogens is 268 g/mol. The van der Waals surface area contributed by atoms with Crippen molar-refractivity contribution < 1.29 is 9.47 Å². The summed E-state index contributed by atoms with van der Waals surface area (Å²) >= 11 is 6.02. The molecule has 1 aromatic heterocycles. The van der Waals surface area contributed by atoms with E-state index in [1.165, 1.54) is 0 Å². The van der Waals surface area contributed by atoms with E-state index in [0.717, 1.165) is 5.56 Å². The molecule has 19 heavy (non-hydrogen) atoms. The first-order chi connectivity index (χ1) is 9.19. The highest BCUT2D eigenvalue weighted by molar-refractivity contribution is 6.31. The molecular formula is C12H13ClN4O2. The van der Waals surface area contributed by atoms with E-state index in [9.17, 15) is 0 Å². The number of benzene rings is 1. The second-order valence-electron chi connectivity index (χ2n) is 3.57. The minimum atomic E-state index is 0.0487. The molecule has 0 amide bonds. The number of anilines is 1. The Morgan fingerprint density at radius 3 is 2.47 bits per heavy atom. The van der Waals surface area contributed by atoms with Gasteiger partial charge in [-0.3, -0.25) is 0 Å². The van der Waals surface area contributed by atoms with Crippen molar-refractivity contribution in [2.45, 2.75) is 13.5 Å². The minimum Gasteiger partial charge on any atom is -0.464 e. The van der Waals surface area contributed by atoms with Crippen molar-refractivity contribution in [3.63, 3.8) is 0 Å². The molecule has 0 saturated heterocycles. The van der Waals surface area contributed by atoms with Gasteiger partial charge in [-0.15, -0.1) is 4.98 Å². The third-order valence-electron chi connectivity index (χ3n) is 2.20. The quantitative estimate of drug-likeness (QED) is 0.903. The summed E-state index contributed by atoms with van der Waals surface area (Å²) in [4.78, 5) is 11.7. The number of halogens is 1. The maximum atomic E-state index is 6.02. The number of nitrogens with zero attached hydrogens (tertiary/aromatic N) is 3. The molecule has 2 aromatic rings. The van der Waals surface area contributed by atoms with Gasteiger partial charge in [0.25, 0.3) is 0 Å². The highest BCUT2D eigenvalue weighted by Crippen LogP contribution is 2.17. The van der Waals surface area contributed by atoms with Crippen LogP contribution in [0.3, 0.4) is 0 Å². The molecule has 0 saturated carbocycles. The summed E-state index contributed by atoms with van der Waals surface area (Å²) in [5.41, 5.74) is 6.37. The van der Waals surface area contributed by atoms with Gasteiger partial charge >= 0.3 is 12.0 Å². The zero-order valence-electron chi connectivity index (χ0n) is 10.3. The predicted molar refractivity (Wildman–Crippen MR) is 71.2 cm³/mol. The molecule has 0 aliphatic heterocycles. The lowest BCUT2D eigenvalue weighted by atomic mass is 10.2. The number of aromatic nitrogens is 3. The van der Waals surface area contributed by atoms with Crippen LogP contribution in [0.5, 0.6) is 12.0 Å². The van der Waals surface area contributed by atoms with Crippen molar-refractivity contribution in [2.75, 3.05) is 12.3 Å². The van der Waals surface area contributed by atoms with Gasteiger partial charge in [-0.25, -0.2) is 0 Å². The van der Waals surface area contributed by atoms with Crippen LogP contribution in [0.1, 0.15) is 12.5 Å². The zero-order chi connectivity index (χ0) is 13.7. The first-order valence-corrected chi connectivity index (χ1v) is 6.07. The van der Waals surface area contributed by atoms with Crippen LogP contribution >= 0.6 is 11.6 Å². The normalized spacial score (nSPS) is 10.2. The highest BCUT2D eigenvalue weighted by Gasteiger charge is 2.07. The molecule has 6 nitrogen and oxygen atoms in total. The number of nitrogen functional groups attached to an aromatic ring is 1. The molecule has 1 aromatic carbocycles. The summed E-state index contributed by atoms with van der Waals surface area (Å²) in [5, 5.41) is 0.620. The molecule has 0 aliphatic carbocycles. The standard InChI is InChI=1S/C12H13ClN4O2/c1-2-18-11-15-10(14)16-12(17-11)19-7-8-5-3-4-6-9(8)13/h3-6H,2,7H2,1H3,(H2,14,15,16,17). The van der Waals surface area contributed by atoms with E-state index in [2.05, 4.69) is 15.0 Å². The van der Waals surface area contributed by atoms with Crippen molar-refractivity contribution in [1.29, 1.82) is 0 Å². The van der Waals surface area contributed by atoms with E-state index >= 15 is 0 Å². The molecule has 0 spiro atoms. The second kappa shape index (κ2) is 6.19. The van der Waals surface area contributed by atoms with Gasteiger partial charge in [0, 0.05) is 10.6 Å². The van der Waals surface area contributed by atoms with Gasteiger partial charge in [0.1, 0.15) is 6.61 Å². The Hall–Kier alpha value is -2.08. The summed E-state index contributed by atoms with van der Waals surface area (Å²) in [6, 6.07) is 7.61. The summed E-state index contributed by atoms with van der Waals surface area (Å²) in [6.07, 6.45) is 0. The maximum Gasteiger partial charge on any atom is 0.324 e. The van der Waals surface area contributed by atoms with Crippen molar-refractivity contribution >= 4 is 17.5 Å².